The molecule has 1 aromatic carbocycles. The lowest BCUT2D eigenvalue weighted by atomic mass is 9.69. The fourth-order valence-electron chi connectivity index (χ4n) is 3.65. The Bertz CT molecular complexity index is 730. The van der Waals surface area contributed by atoms with E-state index in [0.29, 0.717) is 12.2 Å². The van der Waals surface area contributed by atoms with E-state index in [9.17, 15) is 9.59 Å². The molecule has 0 aromatic heterocycles. The minimum absolute atomic E-state index is 0.00594. The van der Waals surface area contributed by atoms with Crippen molar-refractivity contribution in [2.45, 2.75) is 38.1 Å². The van der Waals surface area contributed by atoms with Crippen LogP contribution in [0.5, 0.6) is 0 Å². The number of ether oxygens (including phenoxy) is 1. The summed E-state index contributed by atoms with van der Waals surface area (Å²) in [6.07, 6.45) is 5.83. The molecule has 1 aliphatic heterocycles. The molecule has 1 N–H and O–H groups in total. The van der Waals surface area contributed by atoms with Crippen LogP contribution in [0.2, 0.25) is 0 Å². The van der Waals surface area contributed by atoms with Gasteiger partial charge in [-0.1, -0.05) is 30.3 Å². The van der Waals surface area contributed by atoms with Gasteiger partial charge in [-0.2, -0.15) is 0 Å². The molecule has 0 saturated carbocycles. The normalized spacial score (nSPS) is 26.2. The largest absolute Gasteiger partial charge is 0.463 e. The molecule has 2 aliphatic rings. The van der Waals surface area contributed by atoms with E-state index in [1.54, 1.807) is 13.0 Å². The monoisotopic (exact) mass is 311 g/mol. The zero-order valence-electron chi connectivity index (χ0n) is 13.7. The molecule has 4 nitrogen and oxygen atoms in total. The number of nitrogens with one attached hydrogen (secondary N) is 1. The van der Waals surface area contributed by atoms with Gasteiger partial charge >= 0.3 is 5.97 Å². The van der Waals surface area contributed by atoms with E-state index in [-0.39, 0.29) is 17.3 Å². The Morgan fingerprint density at radius 1 is 1.35 bits per heavy atom. The van der Waals surface area contributed by atoms with Crippen LogP contribution in [0, 0.1) is 0 Å². The van der Waals surface area contributed by atoms with E-state index in [4.69, 9.17) is 4.74 Å². The molecule has 3 rings (SSSR count). The summed E-state index contributed by atoms with van der Waals surface area (Å²) in [7, 11) is 0. The van der Waals surface area contributed by atoms with Gasteiger partial charge in [0.15, 0.2) is 5.78 Å². The van der Waals surface area contributed by atoms with Gasteiger partial charge in [0.2, 0.25) is 0 Å². The molecule has 23 heavy (non-hydrogen) atoms. The Morgan fingerprint density at radius 3 is 2.83 bits per heavy atom. The molecule has 1 spiro atoms. The maximum absolute atomic E-state index is 12.2. The average Bonchev–Trinajstić information content (AvgIpc) is 2.75. The van der Waals surface area contributed by atoms with Crippen LogP contribution in [0.25, 0.3) is 0 Å². The second kappa shape index (κ2) is 5.37. The number of carbonyl (C=O) groups excluding carboxylic acids is 2. The Labute approximate surface area is 136 Å². The van der Waals surface area contributed by atoms with Gasteiger partial charge in [-0.05, 0) is 38.8 Å². The highest BCUT2D eigenvalue weighted by Crippen LogP contribution is 2.48. The van der Waals surface area contributed by atoms with E-state index in [2.05, 4.69) is 19.2 Å². The van der Waals surface area contributed by atoms with E-state index < -0.39 is 5.41 Å². The highest BCUT2D eigenvalue weighted by atomic mass is 16.5. The first-order valence-electron chi connectivity index (χ1n) is 7.88. The summed E-state index contributed by atoms with van der Waals surface area (Å²) in [5, 5.41) is 3.43. The lowest BCUT2D eigenvalue weighted by Crippen LogP contribution is -2.31. The highest BCUT2D eigenvalue weighted by molar-refractivity contribution is 6.08. The van der Waals surface area contributed by atoms with Crippen molar-refractivity contribution in [3.05, 3.63) is 59.3 Å². The van der Waals surface area contributed by atoms with Crippen LogP contribution in [0.15, 0.2) is 48.2 Å². The van der Waals surface area contributed by atoms with Gasteiger partial charge in [0.05, 0.1) is 12.0 Å². The summed E-state index contributed by atoms with van der Waals surface area (Å²) >= 11 is 0. The van der Waals surface area contributed by atoms with Gasteiger partial charge in [-0.3, -0.25) is 4.79 Å². The molecule has 0 radical (unpaired) electrons. The van der Waals surface area contributed by atoms with Crippen LogP contribution >= 0.6 is 0 Å². The summed E-state index contributed by atoms with van der Waals surface area (Å²) in [4.78, 5) is 24.2. The highest BCUT2D eigenvalue weighted by Gasteiger charge is 2.49. The van der Waals surface area contributed by atoms with Crippen molar-refractivity contribution in [1.29, 1.82) is 0 Å². The fourth-order valence-corrected chi connectivity index (χ4v) is 3.65. The maximum Gasteiger partial charge on any atom is 0.332 e. The van der Waals surface area contributed by atoms with Crippen molar-refractivity contribution >= 4 is 11.8 Å². The van der Waals surface area contributed by atoms with Gasteiger partial charge < -0.3 is 10.1 Å². The predicted molar refractivity (Wildman–Crippen MR) is 88.1 cm³/mol. The summed E-state index contributed by atoms with van der Waals surface area (Å²) in [6.45, 7) is 6.30. The quantitative estimate of drug-likeness (QED) is 0.674. The molecule has 1 fully saturated rings. The first kappa shape index (κ1) is 15.5. The number of fused-ring (bicyclic) bond motifs is 2. The third-order valence-electron chi connectivity index (χ3n) is 4.42. The maximum atomic E-state index is 12.2. The summed E-state index contributed by atoms with van der Waals surface area (Å²) in [6, 6.07) is 7.61. The number of esters is 1. The smallest absolute Gasteiger partial charge is 0.332 e. The second-order valence-electron chi connectivity index (χ2n) is 6.71. The number of allylic oxidation sites excluding steroid dienone is 2. The molecule has 120 valence electrons. The van der Waals surface area contributed by atoms with Crippen LogP contribution in [0.3, 0.4) is 0 Å². The molecule has 0 bridgehead atoms. The number of hydrogen-bond donors (Lipinski definition) is 1. The third kappa shape index (κ3) is 2.58. The molecule has 1 aliphatic carbocycles. The molecular formula is C19H21NO3. The molecule has 0 amide bonds. The summed E-state index contributed by atoms with van der Waals surface area (Å²) in [5.74, 6) is -0.360. The first-order chi connectivity index (χ1) is 10.9. The van der Waals surface area contributed by atoms with Gasteiger partial charge in [0, 0.05) is 22.9 Å². The van der Waals surface area contributed by atoms with Gasteiger partial charge in [0.25, 0.3) is 0 Å². The standard InChI is InChI=1S/C19H21NO3/c1-4-23-17(22)11-16-19(12-18(2,3)20-16)10-9-15(21)13-7-5-6-8-14(13)19/h5-11,20H,4,12H2,1-3H3. The fraction of sp³-hybridized carbons (Fsp3) is 0.368. The van der Waals surface area contributed by atoms with Crippen LogP contribution < -0.4 is 5.32 Å². The average molecular weight is 311 g/mol. The van der Waals surface area contributed by atoms with Gasteiger partial charge in [0.1, 0.15) is 0 Å². The van der Waals surface area contributed by atoms with E-state index in [0.717, 1.165) is 17.7 Å². The minimum Gasteiger partial charge on any atom is -0.463 e. The molecular weight excluding hydrogens is 290 g/mol. The lowest BCUT2D eigenvalue weighted by molar-refractivity contribution is -0.137. The van der Waals surface area contributed by atoms with Crippen LogP contribution in [0.4, 0.5) is 0 Å². The predicted octanol–water partition coefficient (Wildman–Crippen LogP) is 2.90. The van der Waals surface area contributed by atoms with Crippen LogP contribution in [-0.4, -0.2) is 23.9 Å². The Hall–Kier alpha value is -2.36. The topological polar surface area (TPSA) is 55.4 Å². The number of hydrogen-bond acceptors (Lipinski definition) is 4. The zero-order valence-corrected chi connectivity index (χ0v) is 13.7. The SMILES string of the molecule is CCOC(=O)C=C1NC(C)(C)CC12C=CC(=O)c1ccccc12. The van der Waals surface area contributed by atoms with Crippen molar-refractivity contribution in [2.75, 3.05) is 6.61 Å². The number of carbonyl (C=O) groups is 2. The number of benzene rings is 1. The molecule has 4 heteroatoms. The Balaban J connectivity index is 2.16. The molecule has 1 saturated heterocycles. The Kier molecular flexibility index (Phi) is 3.63. The third-order valence-corrected chi connectivity index (χ3v) is 4.42. The van der Waals surface area contributed by atoms with E-state index in [1.165, 1.54) is 6.08 Å². The lowest BCUT2D eigenvalue weighted by Gasteiger charge is -2.32. The molecule has 1 atom stereocenters. The first-order valence-corrected chi connectivity index (χ1v) is 7.88. The van der Waals surface area contributed by atoms with Crippen molar-refractivity contribution in [3.63, 3.8) is 0 Å². The van der Waals surface area contributed by atoms with E-state index >= 15 is 0 Å². The minimum atomic E-state index is -0.485. The van der Waals surface area contributed by atoms with Crippen LogP contribution in [0.1, 0.15) is 43.1 Å². The van der Waals surface area contributed by atoms with Crippen LogP contribution in [-0.2, 0) is 14.9 Å². The molecule has 1 unspecified atom stereocenters. The van der Waals surface area contributed by atoms with E-state index in [1.807, 2.05) is 30.3 Å². The summed E-state index contributed by atoms with van der Waals surface area (Å²) in [5.41, 5.74) is 1.76. The van der Waals surface area contributed by atoms with Gasteiger partial charge in [-0.25, -0.2) is 4.79 Å². The summed E-state index contributed by atoms with van der Waals surface area (Å²) < 4.78 is 5.07. The molecule has 1 heterocycles. The number of rotatable bonds is 2. The van der Waals surface area contributed by atoms with Gasteiger partial charge in [-0.15, -0.1) is 0 Å². The van der Waals surface area contributed by atoms with Crippen molar-refractivity contribution in [3.8, 4) is 0 Å². The molecule has 1 aromatic rings. The van der Waals surface area contributed by atoms with Crippen molar-refractivity contribution in [2.24, 2.45) is 0 Å². The second-order valence-corrected chi connectivity index (χ2v) is 6.71. The number of ketones is 1. The zero-order chi connectivity index (χ0) is 16.7. The van der Waals surface area contributed by atoms with Crippen molar-refractivity contribution < 1.29 is 14.3 Å². The Morgan fingerprint density at radius 2 is 2.09 bits per heavy atom. The van der Waals surface area contributed by atoms with Crippen molar-refractivity contribution in [1.82, 2.24) is 5.32 Å².